The number of rotatable bonds is 3. The van der Waals surface area contributed by atoms with Crippen molar-refractivity contribution >= 4 is 71.7 Å². The molecule has 0 saturated carbocycles. The quantitative estimate of drug-likeness (QED) is 0.242. The van der Waals surface area contributed by atoms with E-state index in [0.29, 0.717) is 17.2 Å². The molecule has 36 heavy (non-hydrogen) atoms. The molecule has 8 rings (SSSR count). The van der Waals surface area contributed by atoms with Crippen LogP contribution in [0.25, 0.3) is 54.3 Å². The molecule has 170 valence electrons. The van der Waals surface area contributed by atoms with Gasteiger partial charge in [0.1, 0.15) is 17.0 Å². The van der Waals surface area contributed by atoms with E-state index in [2.05, 4.69) is 24.3 Å². The van der Waals surface area contributed by atoms with Gasteiger partial charge in [-0.25, -0.2) is 9.29 Å². The monoisotopic (exact) mass is 467 g/mol. The number of hydrogen-bond donors (Lipinski definition) is 0. The molecule has 0 aliphatic rings. The molecule has 8 aromatic rings. The van der Waals surface area contributed by atoms with Crippen molar-refractivity contribution in [3.05, 3.63) is 115 Å². The number of benzene rings is 6. The van der Waals surface area contributed by atoms with Crippen molar-refractivity contribution in [2.24, 2.45) is 0 Å². The second-order valence-corrected chi connectivity index (χ2v) is 9.13. The summed E-state index contributed by atoms with van der Waals surface area (Å²) in [6, 6.07) is 35.5. The van der Waals surface area contributed by atoms with E-state index in [0.717, 1.165) is 54.6 Å². The van der Waals surface area contributed by atoms with Gasteiger partial charge in [0.05, 0.1) is 5.69 Å². The zero-order valence-corrected chi connectivity index (χ0v) is 19.0. The summed E-state index contributed by atoms with van der Waals surface area (Å²) in [6.07, 6.45) is 0. The Morgan fingerprint density at radius 2 is 1.03 bits per heavy atom. The highest BCUT2D eigenvalue weighted by atomic mass is 19.1. The molecule has 0 saturated heterocycles. The van der Waals surface area contributed by atoms with Gasteiger partial charge in [0, 0.05) is 39.1 Å². The summed E-state index contributed by atoms with van der Waals surface area (Å²) < 4.78 is 27.5. The lowest BCUT2D eigenvalue weighted by molar-refractivity contribution is 0.583. The minimum absolute atomic E-state index is 0.214. The fraction of sp³-hybridized carbons (Fsp3) is 0. The van der Waals surface area contributed by atoms with E-state index in [1.165, 1.54) is 6.07 Å². The van der Waals surface area contributed by atoms with E-state index in [9.17, 15) is 4.39 Å². The first-order valence-electron chi connectivity index (χ1n) is 11.9. The van der Waals surface area contributed by atoms with Crippen LogP contribution in [0.2, 0.25) is 0 Å². The van der Waals surface area contributed by atoms with Crippen LogP contribution in [0, 0.1) is 5.82 Å². The van der Waals surface area contributed by atoms with Gasteiger partial charge in [-0.3, -0.25) is 0 Å². The van der Waals surface area contributed by atoms with Crippen molar-refractivity contribution in [3.63, 3.8) is 0 Å². The Bertz CT molecular complexity index is 1940. The highest BCUT2D eigenvalue weighted by molar-refractivity contribution is 6.25. The van der Waals surface area contributed by atoms with Crippen molar-refractivity contribution < 1.29 is 13.2 Å². The van der Waals surface area contributed by atoms with E-state index < -0.39 is 0 Å². The topological polar surface area (TPSA) is 29.5 Å². The van der Waals surface area contributed by atoms with Gasteiger partial charge in [-0.1, -0.05) is 72.8 Å². The van der Waals surface area contributed by atoms with Crippen molar-refractivity contribution in [1.29, 1.82) is 0 Å². The molecule has 3 nitrogen and oxygen atoms in total. The number of hydrogen-bond acceptors (Lipinski definition) is 3. The van der Waals surface area contributed by atoms with Gasteiger partial charge < -0.3 is 8.83 Å². The summed E-state index contributed by atoms with van der Waals surface area (Å²) in [4.78, 5) is 2.02. The molecule has 0 amide bonds. The molecule has 2 heterocycles. The van der Waals surface area contributed by atoms with Crippen molar-refractivity contribution in [2.45, 2.75) is 0 Å². The van der Waals surface area contributed by atoms with Gasteiger partial charge in [0.2, 0.25) is 11.8 Å². The fourth-order valence-electron chi connectivity index (χ4n) is 5.45. The van der Waals surface area contributed by atoms with Gasteiger partial charge in [-0.05, 0) is 40.4 Å². The lowest BCUT2D eigenvalue weighted by Gasteiger charge is -2.22. The molecular weight excluding hydrogens is 449 g/mol. The Morgan fingerprint density at radius 3 is 1.67 bits per heavy atom. The number of fused-ring (bicyclic) bond motifs is 2. The summed E-state index contributed by atoms with van der Waals surface area (Å²) in [6.45, 7) is 0. The van der Waals surface area contributed by atoms with Gasteiger partial charge in [0.15, 0.2) is 0 Å². The zero-order valence-electron chi connectivity index (χ0n) is 19.0. The van der Waals surface area contributed by atoms with Crippen LogP contribution in [0.4, 0.5) is 21.8 Å². The first-order chi connectivity index (χ1) is 17.7. The van der Waals surface area contributed by atoms with E-state index in [4.69, 9.17) is 8.83 Å². The number of furan rings is 2. The molecule has 0 N–H and O–H groups in total. The maximum absolute atomic E-state index is 14.8. The predicted octanol–water partition coefficient (Wildman–Crippen LogP) is 9.69. The summed E-state index contributed by atoms with van der Waals surface area (Å²) in [7, 11) is 0. The summed E-state index contributed by atoms with van der Waals surface area (Å²) in [5.41, 5.74) is 2.50. The van der Waals surface area contributed by atoms with Crippen molar-refractivity contribution in [3.8, 4) is 0 Å². The third kappa shape index (κ3) is 2.67. The Balaban J connectivity index is 1.48. The van der Waals surface area contributed by atoms with Crippen LogP contribution in [0.1, 0.15) is 0 Å². The average molecular weight is 467 g/mol. The van der Waals surface area contributed by atoms with Crippen LogP contribution in [0.15, 0.2) is 118 Å². The number of anilines is 3. The number of nitrogens with zero attached hydrogens (tertiary/aromatic N) is 1. The smallest absolute Gasteiger partial charge is 0.208 e. The van der Waals surface area contributed by atoms with E-state index in [-0.39, 0.29) is 5.82 Å². The van der Waals surface area contributed by atoms with Crippen LogP contribution < -0.4 is 4.90 Å². The van der Waals surface area contributed by atoms with Gasteiger partial charge >= 0.3 is 0 Å². The molecule has 0 aliphatic carbocycles. The normalized spacial score (nSPS) is 12.0. The summed E-state index contributed by atoms with van der Waals surface area (Å²) in [5, 5.41) is 7.67. The largest absolute Gasteiger partial charge is 0.440 e. The molecule has 0 spiro atoms. The fourth-order valence-corrected chi connectivity index (χ4v) is 5.45. The standard InChI is InChI=1S/C32H18FNO2/c33-25-15-11-19-10-14-24-26(16-12-20-9-13-23(25)31(19)32(20)24)34(29-17-21-5-1-3-7-27(21)35-29)30-18-22-6-2-4-8-28(22)36-30/h1-18H. The molecule has 0 radical (unpaired) electrons. The Labute approximate surface area is 204 Å². The molecule has 0 atom stereocenters. The SMILES string of the molecule is Fc1ccc2ccc3c(N(c4cc5ccccc5o4)c4cc5ccccc5o4)ccc4ccc1c2c43. The molecule has 0 aliphatic heterocycles. The summed E-state index contributed by atoms with van der Waals surface area (Å²) >= 11 is 0. The van der Waals surface area contributed by atoms with Gasteiger partial charge in [-0.15, -0.1) is 0 Å². The summed E-state index contributed by atoms with van der Waals surface area (Å²) in [5.74, 6) is 1.08. The Morgan fingerprint density at radius 1 is 0.500 bits per heavy atom. The number of halogens is 1. The highest BCUT2D eigenvalue weighted by Gasteiger charge is 2.24. The van der Waals surface area contributed by atoms with Gasteiger partial charge in [0.25, 0.3) is 0 Å². The number of para-hydroxylation sites is 2. The molecule has 0 bridgehead atoms. The van der Waals surface area contributed by atoms with E-state index in [1.54, 1.807) is 0 Å². The van der Waals surface area contributed by atoms with E-state index in [1.807, 2.05) is 83.8 Å². The first kappa shape index (κ1) is 19.5. The predicted molar refractivity (Wildman–Crippen MR) is 144 cm³/mol. The first-order valence-corrected chi connectivity index (χ1v) is 11.9. The lowest BCUT2D eigenvalue weighted by atomic mass is 9.93. The molecule has 4 heteroatoms. The second-order valence-electron chi connectivity index (χ2n) is 9.13. The minimum atomic E-state index is -0.214. The van der Waals surface area contributed by atoms with Crippen LogP contribution in [0.3, 0.4) is 0 Å². The van der Waals surface area contributed by atoms with Crippen molar-refractivity contribution in [2.75, 3.05) is 4.90 Å². The van der Waals surface area contributed by atoms with Crippen LogP contribution in [-0.2, 0) is 0 Å². The maximum Gasteiger partial charge on any atom is 0.208 e. The minimum Gasteiger partial charge on any atom is -0.440 e. The van der Waals surface area contributed by atoms with Crippen LogP contribution in [-0.4, -0.2) is 0 Å². The molecular formula is C32H18FNO2. The lowest BCUT2D eigenvalue weighted by Crippen LogP contribution is -2.09. The van der Waals surface area contributed by atoms with Gasteiger partial charge in [-0.2, -0.15) is 0 Å². The Kier molecular flexibility index (Phi) is 3.84. The Hall–Kier alpha value is -4.83. The van der Waals surface area contributed by atoms with Crippen LogP contribution >= 0.6 is 0 Å². The second kappa shape index (κ2) is 7.09. The molecule has 0 unspecified atom stereocenters. The molecule has 2 aromatic heterocycles. The third-order valence-electron chi connectivity index (χ3n) is 7.10. The average Bonchev–Trinajstić information content (AvgIpc) is 3.53. The van der Waals surface area contributed by atoms with E-state index >= 15 is 0 Å². The van der Waals surface area contributed by atoms with Crippen LogP contribution in [0.5, 0.6) is 0 Å². The van der Waals surface area contributed by atoms with Crippen molar-refractivity contribution in [1.82, 2.24) is 0 Å². The third-order valence-corrected chi connectivity index (χ3v) is 7.10. The highest BCUT2D eigenvalue weighted by Crippen LogP contribution is 2.46. The maximum atomic E-state index is 14.8. The zero-order chi connectivity index (χ0) is 23.8. The molecule has 6 aromatic carbocycles. The molecule has 0 fully saturated rings.